The molecule has 2 rings (SSSR count). The van der Waals surface area contributed by atoms with Crippen LogP contribution >= 0.6 is 0 Å². The molecule has 2 aromatic rings. The maximum absolute atomic E-state index is 12.0. The number of benzene rings is 2. The molecule has 0 saturated heterocycles. The van der Waals surface area contributed by atoms with E-state index in [0.29, 0.717) is 17.9 Å². The first kappa shape index (κ1) is 20.0. The van der Waals surface area contributed by atoms with Gasteiger partial charge in [0.25, 0.3) is 5.91 Å². The van der Waals surface area contributed by atoms with Gasteiger partial charge in [0, 0.05) is 0 Å². The molecular weight excluding hydrogens is 342 g/mol. The van der Waals surface area contributed by atoms with Gasteiger partial charge in [-0.3, -0.25) is 4.79 Å². The largest absolute Gasteiger partial charge is 0.494 e. The van der Waals surface area contributed by atoms with Crippen LogP contribution in [0.3, 0.4) is 0 Å². The predicted molar refractivity (Wildman–Crippen MR) is 104 cm³/mol. The highest BCUT2D eigenvalue weighted by Gasteiger charge is 2.13. The van der Waals surface area contributed by atoms with Crippen molar-refractivity contribution in [1.82, 2.24) is 5.43 Å². The molecule has 0 aliphatic carbocycles. The minimum atomic E-state index is -0.718. The summed E-state index contributed by atoms with van der Waals surface area (Å²) < 4.78 is 11.1. The summed E-state index contributed by atoms with van der Waals surface area (Å²) in [7, 11) is 0. The Labute approximate surface area is 159 Å². The van der Waals surface area contributed by atoms with Gasteiger partial charge in [-0.25, -0.2) is 5.43 Å². The summed E-state index contributed by atoms with van der Waals surface area (Å²) >= 11 is 0. The first-order chi connectivity index (χ1) is 13.1. The van der Waals surface area contributed by atoms with Gasteiger partial charge in [-0.2, -0.15) is 10.4 Å². The molecule has 0 saturated carbocycles. The number of unbranched alkanes of at least 4 members (excludes halogenated alkanes) is 1. The molecule has 1 unspecified atom stereocenters. The third kappa shape index (κ3) is 6.83. The van der Waals surface area contributed by atoms with Gasteiger partial charge in [0.2, 0.25) is 0 Å². The van der Waals surface area contributed by atoms with Crippen LogP contribution in [0.25, 0.3) is 0 Å². The van der Waals surface area contributed by atoms with Gasteiger partial charge < -0.3 is 9.47 Å². The van der Waals surface area contributed by atoms with Gasteiger partial charge in [-0.1, -0.05) is 13.3 Å². The van der Waals surface area contributed by atoms with Crippen molar-refractivity contribution >= 4 is 12.1 Å². The average molecular weight is 365 g/mol. The molecule has 27 heavy (non-hydrogen) atoms. The number of hydrogen-bond donors (Lipinski definition) is 1. The first-order valence-electron chi connectivity index (χ1n) is 8.85. The smallest absolute Gasteiger partial charge is 0.280 e. The molecule has 2 aromatic carbocycles. The van der Waals surface area contributed by atoms with Crippen molar-refractivity contribution in [3.8, 4) is 17.6 Å². The minimum Gasteiger partial charge on any atom is -0.494 e. The summed E-state index contributed by atoms with van der Waals surface area (Å²) in [6.07, 6.45) is 2.96. The van der Waals surface area contributed by atoms with E-state index in [1.54, 1.807) is 37.4 Å². The number of amides is 1. The van der Waals surface area contributed by atoms with Crippen LogP contribution in [-0.4, -0.2) is 24.8 Å². The highest BCUT2D eigenvalue weighted by atomic mass is 16.5. The van der Waals surface area contributed by atoms with Crippen LogP contribution in [0.15, 0.2) is 53.6 Å². The number of nitrogens with one attached hydrogen (secondary N) is 1. The van der Waals surface area contributed by atoms with Gasteiger partial charge in [0.15, 0.2) is 6.10 Å². The maximum Gasteiger partial charge on any atom is 0.280 e. The number of carbonyl (C=O) groups is 1. The fraction of sp³-hybridized carbons (Fsp3) is 0.286. The summed E-state index contributed by atoms with van der Waals surface area (Å²) in [5.41, 5.74) is 3.83. The molecule has 0 aliphatic rings. The van der Waals surface area contributed by atoms with Crippen molar-refractivity contribution < 1.29 is 14.3 Å². The molecule has 0 aliphatic heterocycles. The Bertz CT molecular complexity index is 793. The number of hydrogen-bond acceptors (Lipinski definition) is 5. The van der Waals surface area contributed by atoms with Gasteiger partial charge in [-0.15, -0.1) is 0 Å². The lowest BCUT2D eigenvalue weighted by Gasteiger charge is -2.12. The molecule has 0 aromatic heterocycles. The van der Waals surface area contributed by atoms with E-state index in [1.165, 1.54) is 0 Å². The van der Waals surface area contributed by atoms with Crippen molar-refractivity contribution in [2.24, 2.45) is 5.10 Å². The molecule has 0 fully saturated rings. The zero-order valence-electron chi connectivity index (χ0n) is 15.5. The Hall–Kier alpha value is -3.33. The van der Waals surface area contributed by atoms with Crippen molar-refractivity contribution in [1.29, 1.82) is 5.26 Å². The second-order valence-electron chi connectivity index (χ2n) is 5.90. The van der Waals surface area contributed by atoms with Crippen LogP contribution in [0.4, 0.5) is 0 Å². The van der Waals surface area contributed by atoms with Crippen LogP contribution in [-0.2, 0) is 4.79 Å². The Morgan fingerprint density at radius 3 is 2.48 bits per heavy atom. The van der Waals surface area contributed by atoms with Crippen LogP contribution in [0.5, 0.6) is 11.5 Å². The second kappa shape index (κ2) is 10.6. The van der Waals surface area contributed by atoms with Gasteiger partial charge in [0.1, 0.15) is 11.5 Å². The molecule has 6 heteroatoms. The predicted octanol–water partition coefficient (Wildman–Crippen LogP) is 3.65. The number of ether oxygens (including phenoxy) is 2. The summed E-state index contributed by atoms with van der Waals surface area (Å²) in [6, 6.07) is 16.1. The lowest BCUT2D eigenvalue weighted by Crippen LogP contribution is -2.33. The standard InChI is InChI=1S/C21H23N3O3/c1-3-4-13-26-19-9-7-18(8-10-19)15-23-24-21(25)16(2)27-20-11-5-17(14-22)6-12-20/h5-12,15-16H,3-4,13H2,1-2H3,(H,24,25)/b23-15+. The number of hydrazone groups is 1. The van der Waals surface area contributed by atoms with Gasteiger partial charge in [0.05, 0.1) is 24.5 Å². The second-order valence-corrected chi connectivity index (χ2v) is 5.90. The zero-order valence-corrected chi connectivity index (χ0v) is 15.5. The van der Waals surface area contributed by atoms with E-state index in [2.05, 4.69) is 17.5 Å². The van der Waals surface area contributed by atoms with Crippen molar-refractivity contribution in [2.45, 2.75) is 32.8 Å². The van der Waals surface area contributed by atoms with E-state index in [1.807, 2.05) is 30.3 Å². The van der Waals surface area contributed by atoms with Crippen molar-refractivity contribution in [3.05, 3.63) is 59.7 Å². The normalized spacial score (nSPS) is 11.6. The van der Waals surface area contributed by atoms with Gasteiger partial charge >= 0.3 is 0 Å². The molecule has 0 heterocycles. The lowest BCUT2D eigenvalue weighted by atomic mass is 10.2. The van der Waals surface area contributed by atoms with Crippen molar-refractivity contribution in [3.63, 3.8) is 0 Å². The topological polar surface area (TPSA) is 83.7 Å². The Balaban J connectivity index is 1.80. The monoisotopic (exact) mass is 365 g/mol. The van der Waals surface area contributed by atoms with E-state index in [4.69, 9.17) is 14.7 Å². The van der Waals surface area contributed by atoms with E-state index < -0.39 is 6.10 Å². The molecule has 1 amide bonds. The van der Waals surface area contributed by atoms with Gasteiger partial charge in [-0.05, 0) is 67.4 Å². The third-order valence-corrected chi connectivity index (χ3v) is 3.70. The van der Waals surface area contributed by atoms with E-state index in [-0.39, 0.29) is 5.91 Å². The fourth-order valence-electron chi connectivity index (χ4n) is 2.11. The lowest BCUT2D eigenvalue weighted by molar-refractivity contribution is -0.127. The SMILES string of the molecule is CCCCOc1ccc(/C=N/NC(=O)C(C)Oc2ccc(C#N)cc2)cc1. The molecule has 140 valence electrons. The highest BCUT2D eigenvalue weighted by molar-refractivity contribution is 5.84. The summed E-state index contributed by atoms with van der Waals surface area (Å²) in [4.78, 5) is 12.0. The summed E-state index contributed by atoms with van der Waals surface area (Å²) in [6.45, 7) is 4.45. The average Bonchev–Trinajstić information content (AvgIpc) is 2.70. The number of nitrogens with zero attached hydrogens (tertiary/aromatic N) is 2. The van der Waals surface area contributed by atoms with E-state index in [9.17, 15) is 4.79 Å². The van der Waals surface area contributed by atoms with Crippen LogP contribution in [0.1, 0.15) is 37.8 Å². The number of carbonyl (C=O) groups excluding carboxylic acids is 1. The molecule has 6 nitrogen and oxygen atoms in total. The highest BCUT2D eigenvalue weighted by Crippen LogP contribution is 2.14. The molecular formula is C21H23N3O3. The molecule has 1 N–H and O–H groups in total. The van der Waals surface area contributed by atoms with E-state index in [0.717, 1.165) is 24.2 Å². The summed E-state index contributed by atoms with van der Waals surface area (Å²) in [5, 5.41) is 12.7. The molecule has 0 radical (unpaired) electrons. The number of rotatable bonds is 9. The molecule has 0 spiro atoms. The molecule has 0 bridgehead atoms. The fourth-order valence-corrected chi connectivity index (χ4v) is 2.11. The summed E-state index contributed by atoms with van der Waals surface area (Å²) in [5.74, 6) is 0.962. The quantitative estimate of drug-likeness (QED) is 0.418. The van der Waals surface area contributed by atoms with Crippen molar-refractivity contribution in [2.75, 3.05) is 6.61 Å². The van der Waals surface area contributed by atoms with E-state index >= 15 is 0 Å². The third-order valence-electron chi connectivity index (χ3n) is 3.70. The van der Waals surface area contributed by atoms with Crippen LogP contribution in [0, 0.1) is 11.3 Å². The number of nitriles is 1. The first-order valence-corrected chi connectivity index (χ1v) is 8.85. The van der Waals surface area contributed by atoms with Crippen LogP contribution < -0.4 is 14.9 Å². The Morgan fingerprint density at radius 2 is 1.85 bits per heavy atom. The minimum absolute atomic E-state index is 0.366. The van der Waals surface area contributed by atoms with Crippen LogP contribution in [0.2, 0.25) is 0 Å². The Kier molecular flexibility index (Phi) is 7.86. The molecule has 1 atom stereocenters. The zero-order chi connectivity index (χ0) is 19.5. The maximum atomic E-state index is 12.0. The Morgan fingerprint density at radius 1 is 1.19 bits per heavy atom.